The average Bonchev–Trinajstić information content (AvgIpc) is 2.80. The quantitative estimate of drug-likeness (QED) is 0.498. The fourth-order valence-electron chi connectivity index (χ4n) is 2.76. The molecule has 0 aliphatic heterocycles. The van der Waals surface area contributed by atoms with Crippen LogP contribution in [0, 0.1) is 17.1 Å². The Morgan fingerprint density at radius 1 is 1.19 bits per heavy atom. The summed E-state index contributed by atoms with van der Waals surface area (Å²) in [5, 5.41) is 12.5. The molecule has 0 fully saturated rings. The Kier molecular flexibility index (Phi) is 8.59. The van der Waals surface area contributed by atoms with Crippen LogP contribution >= 0.6 is 0 Å². The number of aliphatic imine (C=N–C) groups is 1. The minimum atomic E-state index is -0.466. The fourth-order valence-corrected chi connectivity index (χ4v) is 2.76. The van der Waals surface area contributed by atoms with Gasteiger partial charge < -0.3 is 5.32 Å². The van der Waals surface area contributed by atoms with Crippen molar-refractivity contribution in [2.75, 3.05) is 12.4 Å². The summed E-state index contributed by atoms with van der Waals surface area (Å²) in [6.45, 7) is 9.83. The Labute approximate surface area is 182 Å². The van der Waals surface area contributed by atoms with Crippen LogP contribution in [-0.4, -0.2) is 22.7 Å². The Bertz CT molecular complexity index is 1160. The third-order valence-electron chi connectivity index (χ3n) is 4.12. The molecule has 0 bridgehead atoms. The summed E-state index contributed by atoms with van der Waals surface area (Å²) in [4.78, 5) is 13.1. The second-order valence-corrected chi connectivity index (χ2v) is 6.60. The van der Waals surface area contributed by atoms with Crippen LogP contribution in [-0.2, 0) is 0 Å². The molecule has 0 amide bonds. The maximum Gasteiger partial charge on any atom is 0.180 e. The zero-order valence-electron chi connectivity index (χ0n) is 18.3. The summed E-state index contributed by atoms with van der Waals surface area (Å²) in [6.07, 6.45) is 6.16. The van der Waals surface area contributed by atoms with Gasteiger partial charge in [-0.1, -0.05) is 45.1 Å². The first-order valence-corrected chi connectivity index (χ1v) is 10.0. The van der Waals surface area contributed by atoms with E-state index in [4.69, 9.17) is 5.26 Å². The maximum atomic E-state index is 14.9. The lowest BCUT2D eigenvalue weighted by atomic mass is 10.0. The van der Waals surface area contributed by atoms with Crippen LogP contribution in [0.4, 0.5) is 10.2 Å². The number of aromatic nitrogens is 2. The van der Waals surface area contributed by atoms with Crippen LogP contribution in [0.2, 0.25) is 0 Å². The Morgan fingerprint density at radius 3 is 2.42 bits per heavy atom. The molecule has 6 heteroatoms. The molecule has 0 spiro atoms. The molecular formula is C25H26FN5. The number of benzene rings is 2. The van der Waals surface area contributed by atoms with Crippen LogP contribution in [0.3, 0.4) is 0 Å². The second-order valence-electron chi connectivity index (χ2n) is 6.60. The van der Waals surface area contributed by atoms with Gasteiger partial charge in [-0.05, 0) is 48.4 Å². The van der Waals surface area contributed by atoms with Gasteiger partial charge in [-0.25, -0.2) is 14.4 Å². The molecule has 158 valence electrons. The van der Waals surface area contributed by atoms with Crippen LogP contribution in [0.15, 0.2) is 66.3 Å². The van der Waals surface area contributed by atoms with E-state index < -0.39 is 5.82 Å². The lowest BCUT2D eigenvalue weighted by Gasteiger charge is -2.11. The predicted molar refractivity (Wildman–Crippen MR) is 127 cm³/mol. The Morgan fingerprint density at radius 2 is 1.87 bits per heavy atom. The average molecular weight is 416 g/mol. The first-order chi connectivity index (χ1) is 15.0. The molecule has 0 saturated carbocycles. The molecule has 0 saturated heterocycles. The van der Waals surface area contributed by atoms with E-state index in [-0.39, 0.29) is 11.3 Å². The normalized spacial score (nSPS) is 11.0. The van der Waals surface area contributed by atoms with Crippen molar-refractivity contribution in [1.82, 2.24) is 9.97 Å². The van der Waals surface area contributed by atoms with Crippen molar-refractivity contribution in [3.05, 3.63) is 78.5 Å². The number of hydrogen-bond acceptors (Lipinski definition) is 5. The molecule has 3 aromatic rings. The lowest BCUT2D eigenvalue weighted by Crippen LogP contribution is -2.08. The second kappa shape index (κ2) is 11.4. The molecule has 0 radical (unpaired) electrons. The SMILES string of the molecule is C=CC(=N/C=C\C)c1nc(NC)c2cc(-c3ccc(C#N)cc3)cc(F)c2n1.CCC. The molecule has 1 N–H and O–H groups in total. The van der Waals surface area contributed by atoms with E-state index in [0.29, 0.717) is 28.0 Å². The number of nitrogens with one attached hydrogen (secondary N) is 1. The standard InChI is InChI=1S/C22H18FN5.C3H8/c1-4-10-26-19(5-2)22-27-20-17(21(25-3)28-22)11-16(12-18(20)23)15-8-6-14(13-24)7-9-15;1-3-2/h4-12H,2H2,1,3H3,(H,25,27,28);3H2,1-2H3/b10-4-,26-19?;. The first-order valence-electron chi connectivity index (χ1n) is 10.0. The number of halogens is 1. The van der Waals surface area contributed by atoms with Crippen molar-refractivity contribution in [2.45, 2.75) is 27.2 Å². The molecule has 3 rings (SSSR count). The van der Waals surface area contributed by atoms with E-state index >= 15 is 0 Å². The zero-order chi connectivity index (χ0) is 22.8. The molecule has 0 aliphatic carbocycles. The van der Waals surface area contributed by atoms with E-state index in [9.17, 15) is 4.39 Å². The topological polar surface area (TPSA) is 74.0 Å². The third-order valence-corrected chi connectivity index (χ3v) is 4.12. The van der Waals surface area contributed by atoms with Crippen LogP contribution in [0.25, 0.3) is 22.0 Å². The molecule has 5 nitrogen and oxygen atoms in total. The largest absolute Gasteiger partial charge is 0.373 e. The minimum Gasteiger partial charge on any atom is -0.373 e. The maximum absolute atomic E-state index is 14.9. The Balaban J connectivity index is 0.00000107. The van der Waals surface area contributed by atoms with Gasteiger partial charge in [0.2, 0.25) is 0 Å². The van der Waals surface area contributed by atoms with Crippen LogP contribution in [0.1, 0.15) is 38.6 Å². The van der Waals surface area contributed by atoms with Crippen molar-refractivity contribution >= 4 is 22.4 Å². The molecule has 1 aromatic heterocycles. The minimum absolute atomic E-state index is 0.196. The number of rotatable bonds is 5. The van der Waals surface area contributed by atoms with Gasteiger partial charge in [0.25, 0.3) is 0 Å². The highest BCUT2D eigenvalue weighted by Crippen LogP contribution is 2.30. The van der Waals surface area contributed by atoms with Crippen molar-refractivity contribution in [1.29, 1.82) is 5.26 Å². The summed E-state index contributed by atoms with van der Waals surface area (Å²) < 4.78 is 14.9. The van der Waals surface area contributed by atoms with Gasteiger partial charge in [0.05, 0.1) is 11.6 Å². The molecule has 31 heavy (non-hydrogen) atoms. The highest BCUT2D eigenvalue weighted by molar-refractivity contribution is 6.08. The smallest absolute Gasteiger partial charge is 0.180 e. The van der Waals surface area contributed by atoms with Crippen molar-refractivity contribution in [3.8, 4) is 17.2 Å². The van der Waals surface area contributed by atoms with Gasteiger partial charge in [0, 0.05) is 18.6 Å². The molecule has 0 atom stereocenters. The van der Waals surface area contributed by atoms with Gasteiger partial charge in [-0.15, -0.1) is 0 Å². The number of nitriles is 1. The lowest BCUT2D eigenvalue weighted by molar-refractivity contribution is 0.637. The highest BCUT2D eigenvalue weighted by Gasteiger charge is 2.15. The molecule has 0 aliphatic rings. The molecule has 0 unspecified atom stereocenters. The third kappa shape index (κ3) is 5.61. The van der Waals surface area contributed by atoms with E-state index in [1.165, 1.54) is 18.6 Å². The summed E-state index contributed by atoms with van der Waals surface area (Å²) >= 11 is 0. The molecule has 1 heterocycles. The summed E-state index contributed by atoms with van der Waals surface area (Å²) in [6, 6.07) is 12.3. The number of fused-ring (bicyclic) bond motifs is 1. The first kappa shape index (κ1) is 23.4. The number of anilines is 1. The van der Waals surface area contributed by atoms with Crippen molar-refractivity contribution in [3.63, 3.8) is 0 Å². The summed E-state index contributed by atoms with van der Waals surface area (Å²) in [5.74, 6) is 0.311. The van der Waals surface area contributed by atoms with Gasteiger partial charge in [0.1, 0.15) is 22.9 Å². The van der Waals surface area contributed by atoms with Crippen LogP contribution < -0.4 is 5.32 Å². The molecular weight excluding hydrogens is 389 g/mol. The fraction of sp³-hybridized carbons (Fsp3) is 0.200. The zero-order valence-corrected chi connectivity index (χ0v) is 18.3. The van der Waals surface area contributed by atoms with Crippen LogP contribution in [0.5, 0.6) is 0 Å². The Hall–Kier alpha value is -3.85. The van der Waals surface area contributed by atoms with Gasteiger partial charge in [-0.3, -0.25) is 4.99 Å². The van der Waals surface area contributed by atoms with Crippen molar-refractivity contribution < 1.29 is 4.39 Å². The van der Waals surface area contributed by atoms with Gasteiger partial charge in [-0.2, -0.15) is 5.26 Å². The number of hydrogen-bond donors (Lipinski definition) is 1. The molecule has 2 aromatic carbocycles. The van der Waals surface area contributed by atoms with E-state index in [1.54, 1.807) is 43.6 Å². The van der Waals surface area contributed by atoms with E-state index in [0.717, 1.165) is 5.56 Å². The predicted octanol–water partition coefficient (Wildman–Crippen LogP) is 6.27. The van der Waals surface area contributed by atoms with E-state index in [2.05, 4.69) is 46.8 Å². The van der Waals surface area contributed by atoms with Gasteiger partial charge in [0.15, 0.2) is 5.82 Å². The summed E-state index contributed by atoms with van der Waals surface area (Å²) in [5.41, 5.74) is 2.67. The summed E-state index contributed by atoms with van der Waals surface area (Å²) in [7, 11) is 1.72. The van der Waals surface area contributed by atoms with Gasteiger partial charge >= 0.3 is 0 Å². The number of nitrogens with zero attached hydrogens (tertiary/aromatic N) is 4. The van der Waals surface area contributed by atoms with Crippen molar-refractivity contribution in [2.24, 2.45) is 4.99 Å². The monoisotopic (exact) mass is 415 g/mol. The number of allylic oxidation sites excluding steroid dienone is 2. The van der Waals surface area contributed by atoms with E-state index in [1.807, 2.05) is 13.0 Å². The highest BCUT2D eigenvalue weighted by atomic mass is 19.1.